The van der Waals surface area contributed by atoms with Crippen LogP contribution in [0.5, 0.6) is 0 Å². The van der Waals surface area contributed by atoms with Gasteiger partial charge in [0, 0.05) is 34.2 Å². The summed E-state index contributed by atoms with van der Waals surface area (Å²) in [5.74, 6) is -0.373. The molecule has 3 heterocycles. The van der Waals surface area contributed by atoms with Crippen molar-refractivity contribution >= 4 is 62.3 Å². The number of aromatic nitrogens is 1. The van der Waals surface area contributed by atoms with Crippen molar-refractivity contribution in [1.29, 1.82) is 5.41 Å². The number of hydrogen-bond acceptors (Lipinski definition) is 4. The van der Waals surface area contributed by atoms with Crippen molar-refractivity contribution in [2.24, 2.45) is 10.1 Å². The maximum Gasteiger partial charge on any atom is 0.283 e. The first-order chi connectivity index (χ1) is 14.5. The van der Waals surface area contributed by atoms with E-state index in [-0.39, 0.29) is 11.4 Å². The molecule has 0 spiro atoms. The first-order valence-electron chi connectivity index (χ1n) is 9.29. The fourth-order valence-corrected chi connectivity index (χ4v) is 4.41. The minimum Gasteiger partial charge on any atom is -0.342 e. The van der Waals surface area contributed by atoms with Crippen LogP contribution in [0, 0.1) is 5.41 Å². The normalized spacial score (nSPS) is 17.5. The Hall–Kier alpha value is -3.16. The maximum absolute atomic E-state index is 12.6. The van der Waals surface area contributed by atoms with Crippen molar-refractivity contribution in [2.45, 2.75) is 13.5 Å². The molecular formula is C22H16ClN5OS. The molecule has 2 aliphatic rings. The number of amidine groups is 2. The van der Waals surface area contributed by atoms with Crippen molar-refractivity contribution in [2.75, 3.05) is 0 Å². The van der Waals surface area contributed by atoms with Gasteiger partial charge in [-0.3, -0.25) is 10.2 Å². The number of nitrogens with one attached hydrogen (secondary N) is 1. The lowest BCUT2D eigenvalue weighted by molar-refractivity contribution is -0.114. The summed E-state index contributed by atoms with van der Waals surface area (Å²) in [5, 5.41) is 17.1. The van der Waals surface area contributed by atoms with Crippen LogP contribution in [-0.4, -0.2) is 31.5 Å². The molecule has 0 bridgehead atoms. The van der Waals surface area contributed by atoms with Gasteiger partial charge in [0.2, 0.25) is 5.17 Å². The molecule has 2 aromatic carbocycles. The monoisotopic (exact) mass is 433 g/mol. The average molecular weight is 434 g/mol. The molecule has 1 aromatic heterocycles. The Kier molecular flexibility index (Phi) is 4.56. The van der Waals surface area contributed by atoms with E-state index in [9.17, 15) is 4.79 Å². The van der Waals surface area contributed by atoms with Crippen LogP contribution >= 0.6 is 23.4 Å². The Morgan fingerprint density at radius 2 is 1.93 bits per heavy atom. The third kappa shape index (κ3) is 3.26. The number of thioether (sulfide) groups is 1. The Labute approximate surface area is 182 Å². The van der Waals surface area contributed by atoms with Crippen LogP contribution in [0.2, 0.25) is 5.02 Å². The lowest BCUT2D eigenvalue weighted by Crippen LogP contribution is -2.35. The second kappa shape index (κ2) is 7.27. The number of aliphatic imine (C=N–C) groups is 1. The molecule has 0 fully saturated rings. The number of hydrogen-bond donors (Lipinski definition) is 1. The molecule has 1 N–H and O–H groups in total. The highest BCUT2D eigenvalue weighted by Gasteiger charge is 2.34. The smallest absolute Gasteiger partial charge is 0.283 e. The third-order valence-electron chi connectivity index (χ3n) is 4.94. The van der Waals surface area contributed by atoms with Crippen molar-refractivity contribution in [3.05, 3.63) is 76.5 Å². The number of benzene rings is 2. The van der Waals surface area contributed by atoms with Gasteiger partial charge in [0.15, 0.2) is 5.84 Å². The van der Waals surface area contributed by atoms with Gasteiger partial charge in [0.25, 0.3) is 5.91 Å². The maximum atomic E-state index is 12.6. The van der Waals surface area contributed by atoms with Gasteiger partial charge >= 0.3 is 0 Å². The minimum absolute atomic E-state index is 0.0453. The number of nitrogens with zero attached hydrogens (tertiary/aromatic N) is 4. The highest BCUT2D eigenvalue weighted by molar-refractivity contribution is 8.26. The largest absolute Gasteiger partial charge is 0.342 e. The molecule has 3 aromatic rings. The van der Waals surface area contributed by atoms with Gasteiger partial charge in [-0.2, -0.15) is 15.1 Å². The number of para-hydroxylation sites is 1. The second-order valence-electron chi connectivity index (χ2n) is 6.99. The van der Waals surface area contributed by atoms with E-state index >= 15 is 0 Å². The zero-order valence-corrected chi connectivity index (χ0v) is 17.5. The number of halogens is 1. The Morgan fingerprint density at radius 3 is 2.73 bits per heavy atom. The van der Waals surface area contributed by atoms with Crippen molar-refractivity contribution in [1.82, 2.24) is 9.58 Å². The SMILES string of the molecule is CC1=NN2C(=N)/C(=C/c3cn(Cc4ccc(Cl)cc4)c4ccccc34)C(=O)N=C2S1. The van der Waals surface area contributed by atoms with Gasteiger partial charge in [0.1, 0.15) is 0 Å². The van der Waals surface area contributed by atoms with E-state index in [0.717, 1.165) is 27.1 Å². The molecule has 6 nitrogen and oxygen atoms in total. The summed E-state index contributed by atoms with van der Waals surface area (Å²) < 4.78 is 2.13. The number of rotatable bonds is 3. The van der Waals surface area contributed by atoms with E-state index in [2.05, 4.69) is 14.7 Å². The fourth-order valence-electron chi connectivity index (χ4n) is 3.55. The van der Waals surface area contributed by atoms with Crippen LogP contribution < -0.4 is 0 Å². The molecule has 1 amide bonds. The lowest BCUT2D eigenvalue weighted by atomic mass is 10.1. The minimum atomic E-state index is -0.418. The summed E-state index contributed by atoms with van der Waals surface area (Å²) in [6, 6.07) is 15.8. The van der Waals surface area contributed by atoms with E-state index in [0.29, 0.717) is 16.7 Å². The fraction of sp³-hybridized carbons (Fsp3) is 0.0909. The molecule has 148 valence electrons. The number of hydrazone groups is 1. The van der Waals surface area contributed by atoms with Crippen LogP contribution in [0.4, 0.5) is 0 Å². The van der Waals surface area contributed by atoms with Gasteiger partial charge in [-0.15, -0.1) is 0 Å². The van der Waals surface area contributed by atoms with Gasteiger partial charge < -0.3 is 4.57 Å². The highest BCUT2D eigenvalue weighted by Crippen LogP contribution is 2.30. The average Bonchev–Trinajstić information content (AvgIpc) is 3.27. The zero-order valence-electron chi connectivity index (χ0n) is 16.0. The lowest BCUT2D eigenvalue weighted by Gasteiger charge is -2.20. The highest BCUT2D eigenvalue weighted by atomic mass is 35.5. The number of carbonyl (C=O) groups is 1. The zero-order chi connectivity index (χ0) is 20.8. The Balaban J connectivity index is 1.57. The predicted octanol–water partition coefficient (Wildman–Crippen LogP) is 4.98. The molecule has 0 saturated heterocycles. The number of fused-ring (bicyclic) bond motifs is 2. The van der Waals surface area contributed by atoms with Crippen LogP contribution in [0.25, 0.3) is 17.0 Å². The van der Waals surface area contributed by atoms with Gasteiger partial charge in [-0.25, -0.2) is 0 Å². The second-order valence-corrected chi connectivity index (χ2v) is 8.59. The third-order valence-corrected chi connectivity index (χ3v) is 6.02. The van der Waals surface area contributed by atoms with E-state index in [1.165, 1.54) is 16.8 Å². The predicted molar refractivity (Wildman–Crippen MR) is 123 cm³/mol. The molecule has 0 radical (unpaired) electrons. The first kappa shape index (κ1) is 18.8. The summed E-state index contributed by atoms with van der Waals surface area (Å²) >= 11 is 7.30. The van der Waals surface area contributed by atoms with E-state index in [4.69, 9.17) is 17.0 Å². The molecular weight excluding hydrogens is 418 g/mol. The van der Waals surface area contributed by atoms with Crippen LogP contribution in [0.15, 0.2) is 70.4 Å². The summed E-state index contributed by atoms with van der Waals surface area (Å²) in [6.07, 6.45) is 3.73. The Morgan fingerprint density at radius 1 is 1.17 bits per heavy atom. The Bertz CT molecular complexity index is 1300. The molecule has 2 aliphatic heterocycles. The molecule has 0 unspecified atom stereocenters. The van der Waals surface area contributed by atoms with Crippen molar-refractivity contribution in [3.8, 4) is 0 Å². The standard InChI is InChI=1S/C22H16ClN5OS/c1-13-26-28-20(24)18(21(29)25-22(28)30-13)10-15-12-27(19-5-3-2-4-17(15)19)11-14-6-8-16(23)9-7-14/h2-10,12,24H,11H2,1H3/b18-10-,24-20?. The number of amides is 1. The van der Waals surface area contributed by atoms with Crippen LogP contribution in [-0.2, 0) is 11.3 Å². The van der Waals surface area contributed by atoms with Gasteiger partial charge in [-0.05, 0) is 48.5 Å². The molecule has 5 rings (SSSR count). The van der Waals surface area contributed by atoms with E-state index in [1.54, 1.807) is 6.08 Å². The van der Waals surface area contributed by atoms with Crippen LogP contribution in [0.3, 0.4) is 0 Å². The first-order valence-corrected chi connectivity index (χ1v) is 10.5. The molecule has 30 heavy (non-hydrogen) atoms. The molecule has 8 heteroatoms. The topological polar surface area (TPSA) is 73.8 Å². The summed E-state index contributed by atoms with van der Waals surface area (Å²) in [6.45, 7) is 2.50. The number of carbonyl (C=O) groups excluding carboxylic acids is 1. The molecule has 0 atom stereocenters. The van der Waals surface area contributed by atoms with E-state index in [1.807, 2.05) is 61.7 Å². The molecule has 0 aliphatic carbocycles. The summed E-state index contributed by atoms with van der Waals surface area (Å²) in [5.41, 5.74) is 3.25. The van der Waals surface area contributed by atoms with Crippen LogP contribution in [0.1, 0.15) is 18.1 Å². The van der Waals surface area contributed by atoms with E-state index < -0.39 is 5.91 Å². The van der Waals surface area contributed by atoms with Gasteiger partial charge in [-0.1, -0.05) is 41.9 Å². The van der Waals surface area contributed by atoms with Crippen molar-refractivity contribution < 1.29 is 4.79 Å². The molecule has 0 saturated carbocycles. The van der Waals surface area contributed by atoms with Gasteiger partial charge in [0.05, 0.1) is 10.6 Å². The summed E-state index contributed by atoms with van der Waals surface area (Å²) in [7, 11) is 0. The quantitative estimate of drug-likeness (QED) is 0.592. The van der Waals surface area contributed by atoms with Crippen molar-refractivity contribution in [3.63, 3.8) is 0 Å². The summed E-state index contributed by atoms with van der Waals surface area (Å²) in [4.78, 5) is 16.7.